The van der Waals surface area contributed by atoms with E-state index in [1.807, 2.05) is 53.7 Å². The van der Waals surface area contributed by atoms with Gasteiger partial charge in [0.05, 0.1) is 53.7 Å². The zero-order chi connectivity index (χ0) is 44.7. The highest BCUT2D eigenvalue weighted by molar-refractivity contribution is 5.84. The zero-order valence-electron chi connectivity index (χ0n) is 38.8. The number of carbonyl (C=O) groups excluding carboxylic acids is 2. The van der Waals surface area contributed by atoms with Gasteiger partial charge in [0.25, 0.3) is 0 Å². The van der Waals surface area contributed by atoms with Crippen LogP contribution in [0.15, 0.2) is 12.2 Å². The minimum atomic E-state index is -1.37. The number of ether oxygens (including phenoxy) is 6. The number of alkyl carbamates (subject to hydrolysis) is 1. The molecule has 13 heteroatoms. The lowest BCUT2D eigenvalue weighted by Crippen LogP contribution is -2.66. The zero-order valence-corrected chi connectivity index (χ0v) is 38.8. The average Bonchev–Trinajstić information content (AvgIpc) is 3.52. The Balaban J connectivity index is 1.40. The van der Waals surface area contributed by atoms with Crippen molar-refractivity contribution < 1.29 is 58.1 Å². The molecule has 4 saturated heterocycles. The van der Waals surface area contributed by atoms with Gasteiger partial charge in [-0.05, 0) is 110 Å². The van der Waals surface area contributed by atoms with Gasteiger partial charge in [-0.25, -0.2) is 4.79 Å². The van der Waals surface area contributed by atoms with E-state index >= 15 is 0 Å². The smallest absolute Gasteiger partial charge is 0.408 e. The maximum atomic E-state index is 14.6. The fraction of sp³-hybridized carbons (Fsp3) is 0.894. The summed E-state index contributed by atoms with van der Waals surface area (Å²) in [6.07, 6.45) is 5.73. The van der Waals surface area contributed by atoms with Gasteiger partial charge in [0.1, 0.15) is 17.4 Å². The summed E-state index contributed by atoms with van der Waals surface area (Å²) in [4.78, 5) is 40.0. The van der Waals surface area contributed by atoms with E-state index in [0.29, 0.717) is 57.8 Å². The summed E-state index contributed by atoms with van der Waals surface area (Å²) in [6, 6.07) is -0.741. The van der Waals surface area contributed by atoms with E-state index in [0.717, 1.165) is 6.42 Å². The van der Waals surface area contributed by atoms with E-state index in [9.17, 15) is 29.7 Å². The van der Waals surface area contributed by atoms with Gasteiger partial charge in [0.2, 0.25) is 0 Å². The number of aliphatic carboxylic acids is 1. The van der Waals surface area contributed by atoms with Gasteiger partial charge in [-0.1, -0.05) is 61.5 Å². The second-order valence-electron chi connectivity index (χ2n) is 20.6. The van der Waals surface area contributed by atoms with Crippen LogP contribution in [0, 0.1) is 41.4 Å². The molecule has 1 amide bonds. The van der Waals surface area contributed by atoms with Crippen molar-refractivity contribution in [1.82, 2.24) is 5.32 Å². The Morgan fingerprint density at radius 2 is 1.57 bits per heavy atom. The third-order valence-electron chi connectivity index (χ3n) is 15.2. The van der Waals surface area contributed by atoms with Crippen LogP contribution in [0.5, 0.6) is 0 Å². The molecule has 5 heterocycles. The largest absolute Gasteiger partial charge is 0.481 e. The van der Waals surface area contributed by atoms with E-state index in [4.69, 9.17) is 28.4 Å². The first kappa shape index (κ1) is 48.9. The van der Waals surface area contributed by atoms with Crippen LogP contribution in [0.2, 0.25) is 0 Å². The van der Waals surface area contributed by atoms with Crippen LogP contribution in [-0.4, -0.2) is 104 Å². The van der Waals surface area contributed by atoms with Gasteiger partial charge in [-0.15, -0.1) is 0 Å². The van der Waals surface area contributed by atoms with Crippen molar-refractivity contribution in [2.45, 2.75) is 225 Å². The summed E-state index contributed by atoms with van der Waals surface area (Å²) < 4.78 is 40.1. The number of ketones is 1. The van der Waals surface area contributed by atoms with E-state index in [1.54, 1.807) is 27.7 Å². The molecule has 18 atom stereocenters. The fourth-order valence-electron chi connectivity index (χ4n) is 11.1. The molecule has 2 unspecified atom stereocenters. The number of aliphatic hydroxyl groups excluding tert-OH is 1. The molecule has 13 nitrogen and oxygen atoms in total. The number of carboxylic acid groups (broad SMARTS) is 1. The monoisotopic (exact) mass is 850 g/mol. The summed E-state index contributed by atoms with van der Waals surface area (Å²) >= 11 is 0. The minimum absolute atomic E-state index is 0.0273. The molecule has 0 aromatic carbocycles. The standard InChI is InChI=1S/C47H79NO12/c1-14-32(41(51)52)34-18-17-26(4)39(56-34)30(8)37(49)29(7)38(50)33(15-2)40-27(5)25-28(6)46(57-40)22-19-35(48-42(53)58-43(10,11)12)47(60-46)24-23-44(13,59-47)36-20-21-45(54,16-3)31(9)55-36/h19,22,26-37,39-40,49,54H,14-18,20-21,23-25H2,1-13H3,(H,48,53)(H,51,52)/t26-,27-,28+,29-,30-,31-,32+,33?,34+,35?,36+,37+,39+,40-,44-,45+,46-,47-/m0/s1. The van der Waals surface area contributed by atoms with Crippen LogP contribution >= 0.6 is 0 Å². The molecule has 5 rings (SSSR count). The normalized spacial score (nSPS) is 42.3. The van der Waals surface area contributed by atoms with Crippen LogP contribution in [0.4, 0.5) is 4.79 Å². The maximum absolute atomic E-state index is 14.6. The van der Waals surface area contributed by atoms with Crippen molar-refractivity contribution in [3.8, 4) is 0 Å². The van der Waals surface area contributed by atoms with Gasteiger partial charge in [0.15, 0.2) is 11.6 Å². The van der Waals surface area contributed by atoms with Crippen LogP contribution in [0.3, 0.4) is 0 Å². The molecule has 0 aromatic rings. The van der Waals surface area contributed by atoms with E-state index in [-0.39, 0.29) is 29.6 Å². The lowest BCUT2D eigenvalue weighted by molar-refractivity contribution is -0.398. The maximum Gasteiger partial charge on any atom is 0.408 e. The molecule has 60 heavy (non-hydrogen) atoms. The Morgan fingerprint density at radius 1 is 0.900 bits per heavy atom. The fourth-order valence-corrected chi connectivity index (χ4v) is 11.1. The third-order valence-corrected chi connectivity index (χ3v) is 15.2. The Kier molecular flexibility index (Phi) is 15.1. The van der Waals surface area contributed by atoms with Crippen LogP contribution in [-0.2, 0) is 38.0 Å². The highest BCUT2D eigenvalue weighted by Gasteiger charge is 2.63. The summed E-state index contributed by atoms with van der Waals surface area (Å²) in [5, 5.41) is 35.9. The van der Waals surface area contributed by atoms with Crippen molar-refractivity contribution in [3.63, 3.8) is 0 Å². The molecule has 0 radical (unpaired) electrons. The molecule has 4 fully saturated rings. The topological polar surface area (TPSA) is 179 Å². The van der Waals surface area contributed by atoms with Gasteiger partial charge in [-0.3, -0.25) is 9.59 Å². The van der Waals surface area contributed by atoms with E-state index < -0.39 is 101 Å². The molecule has 0 aromatic heterocycles. The molecule has 344 valence electrons. The highest BCUT2D eigenvalue weighted by Crippen LogP contribution is 2.54. The van der Waals surface area contributed by atoms with Crippen LogP contribution in [0.25, 0.3) is 0 Å². The third kappa shape index (κ3) is 9.82. The van der Waals surface area contributed by atoms with Gasteiger partial charge >= 0.3 is 12.1 Å². The van der Waals surface area contributed by atoms with E-state index in [1.165, 1.54) is 0 Å². The molecule has 2 spiro atoms. The number of nitrogens with one attached hydrogen (secondary N) is 1. The van der Waals surface area contributed by atoms with Crippen molar-refractivity contribution in [2.75, 3.05) is 0 Å². The number of carboxylic acids is 1. The predicted molar refractivity (Wildman–Crippen MR) is 226 cm³/mol. The first-order chi connectivity index (χ1) is 27.9. The number of rotatable bonds is 13. The Labute approximate surface area is 359 Å². The Morgan fingerprint density at radius 3 is 2.15 bits per heavy atom. The molecule has 0 aliphatic carbocycles. The molecule has 4 N–H and O–H groups in total. The minimum Gasteiger partial charge on any atom is -0.481 e. The first-order valence-electron chi connectivity index (χ1n) is 23.1. The lowest BCUT2D eigenvalue weighted by atomic mass is 9.72. The lowest BCUT2D eigenvalue weighted by Gasteiger charge is -2.55. The molecule has 5 aliphatic heterocycles. The molecule has 5 aliphatic rings. The first-order valence-corrected chi connectivity index (χ1v) is 23.1. The Hall–Kier alpha value is -2.13. The number of Topliss-reactive ketones (excluding diaryl/α,β-unsaturated/α-hetero) is 1. The van der Waals surface area contributed by atoms with Crippen LogP contribution < -0.4 is 5.32 Å². The van der Waals surface area contributed by atoms with E-state index in [2.05, 4.69) is 26.1 Å². The molecular formula is C47H79NO12. The molecule has 0 bridgehead atoms. The van der Waals surface area contributed by atoms with Gasteiger partial charge < -0.3 is 49.1 Å². The summed E-state index contributed by atoms with van der Waals surface area (Å²) in [6.45, 7) is 25.0. The molecular weight excluding hydrogens is 771 g/mol. The van der Waals surface area contributed by atoms with Crippen molar-refractivity contribution >= 4 is 17.8 Å². The average molecular weight is 850 g/mol. The van der Waals surface area contributed by atoms with Crippen LogP contribution in [0.1, 0.15) is 154 Å². The Bertz CT molecular complexity index is 1550. The molecule has 0 saturated carbocycles. The summed E-state index contributed by atoms with van der Waals surface area (Å²) in [5.41, 5.74) is -2.47. The number of carbonyl (C=O) groups is 3. The number of aliphatic hydroxyl groups is 2. The van der Waals surface area contributed by atoms with Crippen molar-refractivity contribution in [3.05, 3.63) is 12.2 Å². The number of amides is 1. The second-order valence-corrected chi connectivity index (χ2v) is 20.6. The predicted octanol–water partition coefficient (Wildman–Crippen LogP) is 7.72. The van der Waals surface area contributed by atoms with Gasteiger partial charge in [-0.2, -0.15) is 0 Å². The van der Waals surface area contributed by atoms with Gasteiger partial charge in [0, 0.05) is 30.1 Å². The summed E-state index contributed by atoms with van der Waals surface area (Å²) in [5.74, 6) is -6.10. The number of hydrogen-bond acceptors (Lipinski definition) is 11. The summed E-state index contributed by atoms with van der Waals surface area (Å²) in [7, 11) is 0. The highest BCUT2D eigenvalue weighted by atomic mass is 16.8. The second kappa shape index (κ2) is 18.5. The number of hydrogen-bond donors (Lipinski definition) is 4. The SMILES string of the molecule is CCC(C(=O)[C@@H](C)[C@@H](O)[C@H](C)[C@@H]1O[C@@H]([C@@H](CC)C(=O)O)CC[C@@H]1C)[C@H]1O[C@]2(C=CC(NC(=O)OC(C)(C)C)[C@]3(CC[C@@](C)([C@H]4CC[C@](O)(CC)[C@H](C)O4)O3)O2)[C@H](C)C[C@@H]1C. The quantitative estimate of drug-likeness (QED) is 0.133. The van der Waals surface area contributed by atoms with Crippen molar-refractivity contribution in [2.24, 2.45) is 41.4 Å². The van der Waals surface area contributed by atoms with Crippen molar-refractivity contribution in [1.29, 1.82) is 0 Å².